The molecule has 0 aliphatic carbocycles. The average molecular weight is 1200 g/mol. The van der Waals surface area contributed by atoms with Crippen LogP contribution < -0.4 is 0 Å². The van der Waals surface area contributed by atoms with Gasteiger partial charge in [-0.3, -0.25) is 9.59 Å². The molecule has 5 nitrogen and oxygen atoms in total. The first-order chi connectivity index (χ1) is 42.6. The highest BCUT2D eigenvalue weighted by atomic mass is 16.6. The standard InChI is InChI=1S/C81H142O5/c1-3-5-7-9-11-13-15-17-19-21-23-25-27-29-31-33-35-36-37-38-39-40-41-42-43-44-46-47-49-51-53-55-57-59-61-63-65-67-69-71-73-75-80(83)85-78-79(77-82)86-81(84)76-74-72-70-68-66-64-62-60-58-56-54-52-50-48-45-34-32-30-28-26-24-22-20-18-16-14-12-10-8-6-4-2/h6,8,12,14-15,17-18,20-21,23-24,26,30,32,45,48,52,54,79,82H,3-5,7,9-11,13,16,19,22,25,27-29,31,33-44,46-47,49-51,53,55-78H2,1-2H3/b8-6-,14-12-,17-15-,20-18-,23-21-,26-24-,32-30-,48-45-,54-52-. The van der Waals surface area contributed by atoms with Gasteiger partial charge in [0.15, 0.2) is 6.10 Å². The molecule has 0 heterocycles. The highest BCUT2D eigenvalue weighted by Gasteiger charge is 2.16. The first-order valence-corrected chi connectivity index (χ1v) is 37.4. The number of rotatable bonds is 69. The molecule has 0 aliphatic rings. The van der Waals surface area contributed by atoms with Crippen molar-refractivity contribution in [3.63, 3.8) is 0 Å². The molecule has 1 atom stereocenters. The number of hydrogen-bond donors (Lipinski definition) is 1. The Morgan fingerprint density at radius 1 is 0.279 bits per heavy atom. The van der Waals surface area contributed by atoms with E-state index in [-0.39, 0.29) is 25.2 Å². The van der Waals surface area contributed by atoms with Gasteiger partial charge in [-0.05, 0) is 103 Å². The van der Waals surface area contributed by atoms with E-state index in [4.69, 9.17) is 9.47 Å². The van der Waals surface area contributed by atoms with Gasteiger partial charge in [0, 0.05) is 12.8 Å². The Morgan fingerprint density at radius 2 is 0.500 bits per heavy atom. The van der Waals surface area contributed by atoms with Crippen LogP contribution in [0.2, 0.25) is 0 Å². The van der Waals surface area contributed by atoms with Gasteiger partial charge in [0.1, 0.15) is 6.61 Å². The van der Waals surface area contributed by atoms with E-state index in [1.54, 1.807) is 0 Å². The van der Waals surface area contributed by atoms with Crippen LogP contribution in [-0.2, 0) is 19.1 Å². The Balaban J connectivity index is 3.43. The number of aliphatic hydroxyl groups excluding tert-OH is 1. The van der Waals surface area contributed by atoms with Crippen LogP contribution in [0.25, 0.3) is 0 Å². The van der Waals surface area contributed by atoms with Gasteiger partial charge in [-0.25, -0.2) is 0 Å². The zero-order valence-corrected chi connectivity index (χ0v) is 57.1. The van der Waals surface area contributed by atoms with Gasteiger partial charge in [0.25, 0.3) is 0 Å². The lowest BCUT2D eigenvalue weighted by Gasteiger charge is -2.15. The number of allylic oxidation sites excluding steroid dienone is 18. The molecule has 0 saturated carbocycles. The molecule has 1 N–H and O–H groups in total. The Kier molecular flexibility index (Phi) is 72.8. The molecule has 0 saturated heterocycles. The van der Waals surface area contributed by atoms with E-state index in [1.165, 1.54) is 250 Å². The Morgan fingerprint density at radius 3 is 0.756 bits per heavy atom. The van der Waals surface area contributed by atoms with E-state index in [0.717, 1.165) is 96.3 Å². The van der Waals surface area contributed by atoms with Crippen LogP contribution in [0.15, 0.2) is 109 Å². The highest BCUT2D eigenvalue weighted by Crippen LogP contribution is 2.18. The van der Waals surface area contributed by atoms with Crippen molar-refractivity contribution in [1.29, 1.82) is 0 Å². The average Bonchev–Trinajstić information content (AvgIpc) is 3.55. The van der Waals surface area contributed by atoms with E-state index >= 15 is 0 Å². The minimum Gasteiger partial charge on any atom is -0.462 e. The predicted octanol–water partition coefficient (Wildman–Crippen LogP) is 26.3. The van der Waals surface area contributed by atoms with Gasteiger partial charge in [0.2, 0.25) is 0 Å². The molecule has 0 aromatic heterocycles. The summed E-state index contributed by atoms with van der Waals surface area (Å²) in [7, 11) is 0. The normalized spacial score (nSPS) is 12.8. The number of unbranched alkanes of at least 4 members (excludes halogenated alkanes) is 43. The maximum absolute atomic E-state index is 12.4. The fraction of sp³-hybridized carbons (Fsp3) is 0.753. The summed E-state index contributed by atoms with van der Waals surface area (Å²) < 4.78 is 10.8. The minimum atomic E-state index is -0.782. The highest BCUT2D eigenvalue weighted by molar-refractivity contribution is 5.70. The Hall–Kier alpha value is -3.44. The van der Waals surface area contributed by atoms with Gasteiger partial charge >= 0.3 is 11.9 Å². The second-order valence-electron chi connectivity index (χ2n) is 25.0. The fourth-order valence-electron chi connectivity index (χ4n) is 11.0. The molecule has 0 rings (SSSR count). The van der Waals surface area contributed by atoms with Gasteiger partial charge in [-0.2, -0.15) is 0 Å². The number of aliphatic hydroxyl groups is 1. The maximum atomic E-state index is 12.4. The zero-order valence-electron chi connectivity index (χ0n) is 57.1. The third kappa shape index (κ3) is 73.0. The van der Waals surface area contributed by atoms with E-state index in [1.807, 2.05) is 0 Å². The molecule has 0 aromatic carbocycles. The van der Waals surface area contributed by atoms with E-state index < -0.39 is 6.10 Å². The van der Waals surface area contributed by atoms with Gasteiger partial charge in [0.05, 0.1) is 6.61 Å². The fourth-order valence-corrected chi connectivity index (χ4v) is 11.0. The Bertz CT molecular complexity index is 1640. The number of carbonyl (C=O) groups is 2. The molecule has 1 unspecified atom stereocenters. The molecule has 0 amide bonds. The second kappa shape index (κ2) is 75.8. The van der Waals surface area contributed by atoms with E-state index in [9.17, 15) is 14.7 Å². The summed E-state index contributed by atoms with van der Waals surface area (Å²) in [6.45, 7) is 4.05. The van der Waals surface area contributed by atoms with Crippen molar-refractivity contribution in [2.45, 2.75) is 380 Å². The summed E-state index contributed by atoms with van der Waals surface area (Å²) in [5, 5.41) is 9.71. The van der Waals surface area contributed by atoms with Crippen molar-refractivity contribution >= 4 is 11.9 Å². The van der Waals surface area contributed by atoms with Crippen molar-refractivity contribution < 1.29 is 24.2 Å². The van der Waals surface area contributed by atoms with Crippen LogP contribution in [-0.4, -0.2) is 36.4 Å². The lowest BCUT2D eigenvalue weighted by atomic mass is 10.0. The largest absolute Gasteiger partial charge is 0.462 e. The lowest BCUT2D eigenvalue weighted by molar-refractivity contribution is -0.161. The van der Waals surface area contributed by atoms with Crippen molar-refractivity contribution in [1.82, 2.24) is 0 Å². The summed E-state index contributed by atoms with van der Waals surface area (Å²) in [4.78, 5) is 24.7. The molecule has 0 spiro atoms. The minimum absolute atomic E-state index is 0.0695. The van der Waals surface area contributed by atoms with Gasteiger partial charge in [-0.1, -0.05) is 367 Å². The quantitative estimate of drug-likeness (QED) is 0.0373. The van der Waals surface area contributed by atoms with Crippen molar-refractivity contribution in [3.8, 4) is 0 Å². The first kappa shape index (κ1) is 82.6. The van der Waals surface area contributed by atoms with Crippen LogP contribution >= 0.6 is 0 Å². The molecular weight excluding hydrogens is 1050 g/mol. The third-order valence-electron chi connectivity index (χ3n) is 16.6. The number of esters is 2. The van der Waals surface area contributed by atoms with Crippen LogP contribution in [0, 0.1) is 0 Å². The second-order valence-corrected chi connectivity index (χ2v) is 25.0. The van der Waals surface area contributed by atoms with Crippen LogP contribution in [0.4, 0.5) is 0 Å². The molecule has 0 radical (unpaired) electrons. The summed E-state index contributed by atoms with van der Waals surface area (Å²) >= 11 is 0. The number of ether oxygens (including phenoxy) is 2. The summed E-state index contributed by atoms with van der Waals surface area (Å²) in [6.07, 6.45) is 110. The summed E-state index contributed by atoms with van der Waals surface area (Å²) in [5.41, 5.74) is 0. The molecule has 0 fully saturated rings. The van der Waals surface area contributed by atoms with Crippen LogP contribution in [0.3, 0.4) is 0 Å². The first-order valence-electron chi connectivity index (χ1n) is 37.4. The predicted molar refractivity (Wildman–Crippen MR) is 380 cm³/mol. The SMILES string of the molecule is CC/C=C\C/C=C\C/C=C\C/C=C\C/C=C\C/C=C\C/C=C\CCCCCCCCCCCC(=O)OC(CO)COC(=O)CCCCCCCCCCCCCCCCCCCCCCCCCCCCCCC/C=C\C/C=C\CCCCCCC. The zero-order chi connectivity index (χ0) is 61.9. The number of hydrogen-bond acceptors (Lipinski definition) is 5. The van der Waals surface area contributed by atoms with Crippen molar-refractivity contribution in [2.75, 3.05) is 13.2 Å². The van der Waals surface area contributed by atoms with Crippen LogP contribution in [0.5, 0.6) is 0 Å². The molecule has 86 heavy (non-hydrogen) atoms. The van der Waals surface area contributed by atoms with Gasteiger partial charge < -0.3 is 14.6 Å². The molecule has 5 heteroatoms. The maximum Gasteiger partial charge on any atom is 0.306 e. The van der Waals surface area contributed by atoms with E-state index in [0.29, 0.717) is 12.8 Å². The topological polar surface area (TPSA) is 72.8 Å². The molecule has 496 valence electrons. The van der Waals surface area contributed by atoms with Gasteiger partial charge in [-0.15, -0.1) is 0 Å². The summed E-state index contributed by atoms with van der Waals surface area (Å²) in [6, 6.07) is 0. The van der Waals surface area contributed by atoms with E-state index in [2.05, 4.69) is 123 Å². The number of carbonyl (C=O) groups excluding carboxylic acids is 2. The Labute approximate surface area is 535 Å². The monoisotopic (exact) mass is 1200 g/mol. The lowest BCUT2D eigenvalue weighted by Crippen LogP contribution is -2.28. The smallest absolute Gasteiger partial charge is 0.306 e. The molecule has 0 bridgehead atoms. The third-order valence-corrected chi connectivity index (χ3v) is 16.6. The van der Waals surface area contributed by atoms with Crippen molar-refractivity contribution in [3.05, 3.63) is 109 Å². The van der Waals surface area contributed by atoms with Crippen molar-refractivity contribution in [2.24, 2.45) is 0 Å². The molecule has 0 aliphatic heterocycles. The molecular formula is C81H142O5. The summed E-state index contributed by atoms with van der Waals surface area (Å²) in [5.74, 6) is -0.587. The van der Waals surface area contributed by atoms with Crippen LogP contribution in [0.1, 0.15) is 373 Å². The molecule has 0 aromatic rings.